The fraction of sp³-hybridized carbons (Fsp3) is 0.429. The average molecular weight is 500 g/mol. The van der Waals surface area contributed by atoms with Gasteiger partial charge in [-0.15, -0.1) is 5.92 Å². The van der Waals surface area contributed by atoms with Crippen molar-refractivity contribution in [2.75, 3.05) is 5.32 Å². The molecule has 0 aliphatic heterocycles. The van der Waals surface area contributed by atoms with Crippen molar-refractivity contribution in [3.05, 3.63) is 63.8 Å². The third-order valence-electron chi connectivity index (χ3n) is 5.98. The van der Waals surface area contributed by atoms with E-state index in [9.17, 15) is 22.8 Å². The van der Waals surface area contributed by atoms with Crippen LogP contribution in [0.3, 0.4) is 0 Å². The number of aryl methyl sites for hydroxylation is 1. The number of hydrogen-bond donors (Lipinski definition) is 2. The van der Waals surface area contributed by atoms with Crippen LogP contribution in [0.25, 0.3) is 0 Å². The molecule has 0 spiro atoms. The van der Waals surface area contributed by atoms with Gasteiger partial charge in [0.2, 0.25) is 0 Å². The van der Waals surface area contributed by atoms with Gasteiger partial charge in [0.1, 0.15) is 0 Å². The Morgan fingerprint density at radius 2 is 1.75 bits per heavy atom. The molecule has 36 heavy (non-hydrogen) atoms. The highest BCUT2D eigenvalue weighted by Crippen LogP contribution is 2.32. The summed E-state index contributed by atoms with van der Waals surface area (Å²) in [4.78, 5) is 26.4. The first-order valence-electron chi connectivity index (χ1n) is 11.9. The lowest BCUT2D eigenvalue weighted by molar-refractivity contribution is -0.138. The van der Waals surface area contributed by atoms with Crippen molar-refractivity contribution in [1.82, 2.24) is 0 Å². The Bertz CT molecular complexity index is 1170. The number of Topliss-reactive ketones (excluding diaryl/α,β-unsaturated/α-hetero) is 1. The van der Waals surface area contributed by atoms with Gasteiger partial charge in [-0.3, -0.25) is 9.59 Å². The third kappa shape index (κ3) is 7.03. The predicted octanol–water partition coefficient (Wildman–Crippen LogP) is 7.48. The standard InChI is InChI=1S/C28H32F3N3O2/c1-6-9-19-12-18(5)25(23(14-19)26(35)20(10-7-2)11-8-3)33-27(36)22-15-21(16-22)17(4)13-24(34-32)28(29,30)31/h12-16,20,24,32H,7-8,10-11H2,1-5H3,(H,33,36)/b17-13-,34-32?. The summed E-state index contributed by atoms with van der Waals surface area (Å²) < 4.78 is 38.7. The summed E-state index contributed by atoms with van der Waals surface area (Å²) in [5, 5.41) is 5.46. The molecule has 0 radical (unpaired) electrons. The number of halogens is 3. The summed E-state index contributed by atoms with van der Waals surface area (Å²) in [6, 6.07) is 1.29. The highest BCUT2D eigenvalue weighted by Gasteiger charge is 2.38. The van der Waals surface area contributed by atoms with Gasteiger partial charge in [0.15, 0.2) is 11.8 Å². The molecule has 1 unspecified atom stereocenters. The monoisotopic (exact) mass is 499 g/mol. The van der Waals surface area contributed by atoms with Crippen molar-refractivity contribution >= 4 is 17.4 Å². The minimum absolute atomic E-state index is 0.0354. The van der Waals surface area contributed by atoms with E-state index in [0.29, 0.717) is 28.0 Å². The van der Waals surface area contributed by atoms with E-state index < -0.39 is 18.1 Å². The van der Waals surface area contributed by atoms with E-state index >= 15 is 0 Å². The van der Waals surface area contributed by atoms with Gasteiger partial charge < -0.3 is 5.32 Å². The molecule has 1 aromatic carbocycles. The molecule has 2 rings (SSSR count). The number of nitrogens with one attached hydrogen (secondary N) is 2. The molecule has 1 aromatic rings. The van der Waals surface area contributed by atoms with Crippen LogP contribution in [-0.2, 0) is 4.79 Å². The summed E-state index contributed by atoms with van der Waals surface area (Å²) in [6.07, 6.45) is 2.36. The van der Waals surface area contributed by atoms with E-state index in [2.05, 4.69) is 22.3 Å². The quantitative estimate of drug-likeness (QED) is 0.188. The van der Waals surface area contributed by atoms with E-state index in [1.54, 1.807) is 19.9 Å². The Balaban J connectivity index is 2.33. The van der Waals surface area contributed by atoms with Crippen LogP contribution in [0.1, 0.15) is 74.9 Å². The number of amides is 1. The Hall–Kier alpha value is -3.47. The SMILES string of the molecule is CC#Cc1cc(C)c(NC(=O)C2=CC(/C(C)=C\C(N=N)C(F)(F)F)=C2)c(C(=O)C(CCC)CCC)c1. The molecule has 192 valence electrons. The largest absolute Gasteiger partial charge is 0.416 e. The van der Waals surface area contributed by atoms with Crippen LogP contribution in [-0.4, -0.2) is 23.9 Å². The first-order chi connectivity index (χ1) is 17.0. The van der Waals surface area contributed by atoms with Gasteiger partial charge in [0.05, 0.1) is 5.69 Å². The number of alkyl halides is 3. The molecular formula is C28H32F3N3O2. The van der Waals surface area contributed by atoms with Crippen LogP contribution < -0.4 is 5.32 Å². The van der Waals surface area contributed by atoms with Crippen molar-refractivity contribution in [1.29, 1.82) is 5.53 Å². The molecular weight excluding hydrogens is 467 g/mol. The molecule has 0 bridgehead atoms. The number of anilines is 1. The first-order valence-corrected chi connectivity index (χ1v) is 11.9. The smallest absolute Gasteiger partial charge is 0.321 e. The Kier molecular flexibility index (Phi) is 9.97. The maximum absolute atomic E-state index is 13.5. The van der Waals surface area contributed by atoms with Gasteiger partial charge in [0.25, 0.3) is 5.91 Å². The molecule has 0 aromatic heterocycles. The molecule has 0 heterocycles. The lowest BCUT2D eigenvalue weighted by atomic mass is 9.87. The number of benzene rings is 1. The predicted molar refractivity (Wildman–Crippen MR) is 135 cm³/mol. The first kappa shape index (κ1) is 28.8. The van der Waals surface area contributed by atoms with Crippen LogP contribution in [0.4, 0.5) is 18.9 Å². The fourth-order valence-electron chi connectivity index (χ4n) is 4.09. The van der Waals surface area contributed by atoms with Gasteiger partial charge >= 0.3 is 6.18 Å². The van der Waals surface area contributed by atoms with Crippen LogP contribution in [0, 0.1) is 30.2 Å². The second kappa shape index (κ2) is 12.5. The normalized spacial score (nSPS) is 14.2. The second-order valence-electron chi connectivity index (χ2n) is 8.85. The minimum atomic E-state index is -4.65. The van der Waals surface area contributed by atoms with Crippen LogP contribution in [0.2, 0.25) is 0 Å². The van der Waals surface area contributed by atoms with E-state index in [4.69, 9.17) is 5.53 Å². The fourth-order valence-corrected chi connectivity index (χ4v) is 4.09. The molecule has 0 fully saturated rings. The Morgan fingerprint density at radius 1 is 1.14 bits per heavy atom. The summed E-state index contributed by atoms with van der Waals surface area (Å²) in [7, 11) is 0. The maximum atomic E-state index is 13.5. The summed E-state index contributed by atoms with van der Waals surface area (Å²) >= 11 is 0. The second-order valence-corrected chi connectivity index (χ2v) is 8.85. The van der Waals surface area contributed by atoms with Crippen LogP contribution in [0.15, 0.2) is 52.2 Å². The number of hydrogen-bond acceptors (Lipinski definition) is 4. The van der Waals surface area contributed by atoms with Gasteiger partial charge in [-0.1, -0.05) is 32.6 Å². The number of carbonyl (C=O) groups is 2. The zero-order valence-electron chi connectivity index (χ0n) is 21.3. The lowest BCUT2D eigenvalue weighted by Crippen LogP contribution is -2.25. The highest BCUT2D eigenvalue weighted by atomic mass is 19.4. The molecule has 8 heteroatoms. The van der Waals surface area contributed by atoms with E-state index in [0.717, 1.165) is 31.8 Å². The van der Waals surface area contributed by atoms with E-state index in [1.807, 2.05) is 19.9 Å². The van der Waals surface area contributed by atoms with Gasteiger partial charge in [-0.2, -0.15) is 18.3 Å². The average Bonchev–Trinajstić information content (AvgIpc) is 2.76. The van der Waals surface area contributed by atoms with Crippen molar-refractivity contribution in [2.24, 2.45) is 11.0 Å². The zero-order chi connectivity index (χ0) is 27.0. The summed E-state index contributed by atoms with van der Waals surface area (Å²) in [5.41, 5.74) is 9.99. The van der Waals surface area contributed by atoms with E-state index in [-0.39, 0.29) is 22.8 Å². The van der Waals surface area contributed by atoms with Gasteiger partial charge in [-0.25, -0.2) is 5.53 Å². The topological polar surface area (TPSA) is 82.4 Å². The molecule has 1 amide bonds. The van der Waals surface area contributed by atoms with Gasteiger partial charge in [0, 0.05) is 22.6 Å². The lowest BCUT2D eigenvalue weighted by Gasteiger charge is -2.21. The number of ketones is 1. The Morgan fingerprint density at radius 3 is 2.25 bits per heavy atom. The number of nitrogens with zero attached hydrogens (tertiary/aromatic N) is 1. The molecule has 0 saturated carbocycles. The molecule has 1 atom stereocenters. The summed E-state index contributed by atoms with van der Waals surface area (Å²) in [5.74, 6) is 5.16. The highest BCUT2D eigenvalue weighted by molar-refractivity contribution is 6.13. The van der Waals surface area contributed by atoms with Gasteiger partial charge in [-0.05, 0) is 80.7 Å². The molecule has 1 aliphatic carbocycles. The molecule has 5 nitrogen and oxygen atoms in total. The van der Waals surface area contributed by atoms with Crippen molar-refractivity contribution in [3.8, 4) is 11.8 Å². The molecule has 1 aliphatic rings. The third-order valence-corrected chi connectivity index (χ3v) is 5.98. The number of allylic oxidation sites excluding steroid dienone is 3. The van der Waals surface area contributed by atoms with Crippen LogP contribution in [0.5, 0.6) is 0 Å². The summed E-state index contributed by atoms with van der Waals surface area (Å²) in [6.45, 7) is 9.04. The molecule has 0 saturated heterocycles. The zero-order valence-corrected chi connectivity index (χ0v) is 21.3. The van der Waals surface area contributed by atoms with Crippen molar-refractivity contribution in [2.45, 2.75) is 72.5 Å². The number of carbonyl (C=O) groups excluding carboxylic acids is 2. The van der Waals surface area contributed by atoms with E-state index in [1.165, 1.54) is 19.1 Å². The van der Waals surface area contributed by atoms with Crippen molar-refractivity contribution in [3.63, 3.8) is 0 Å². The Labute approximate surface area is 210 Å². The minimum Gasteiger partial charge on any atom is -0.321 e. The molecule has 2 N–H and O–H groups in total. The maximum Gasteiger partial charge on any atom is 0.416 e. The van der Waals surface area contributed by atoms with Crippen LogP contribution >= 0.6 is 0 Å². The van der Waals surface area contributed by atoms with Crippen molar-refractivity contribution < 1.29 is 22.8 Å². The number of rotatable bonds is 11.